The second-order valence-electron chi connectivity index (χ2n) is 2.84. The minimum absolute atomic E-state index is 0.745. The van der Waals surface area contributed by atoms with Crippen LogP contribution in [-0.2, 0) is 0 Å². The third-order valence-electron chi connectivity index (χ3n) is 1.60. The summed E-state index contributed by atoms with van der Waals surface area (Å²) in [6.07, 6.45) is 1.26. The first-order chi connectivity index (χ1) is 5.31. The lowest BCUT2D eigenvalue weighted by molar-refractivity contribution is 0.441. The summed E-state index contributed by atoms with van der Waals surface area (Å²) in [6.45, 7) is 7.42. The number of nitrogens with two attached hydrogens (primary N) is 1. The summed E-state index contributed by atoms with van der Waals surface area (Å²) >= 11 is 0. The van der Waals surface area contributed by atoms with Crippen LogP contribution in [0.1, 0.15) is 13.3 Å². The van der Waals surface area contributed by atoms with Crippen LogP contribution in [0.4, 0.5) is 0 Å². The van der Waals surface area contributed by atoms with Crippen LogP contribution in [0.15, 0.2) is 0 Å². The van der Waals surface area contributed by atoms with Crippen molar-refractivity contribution in [3.05, 3.63) is 0 Å². The zero-order valence-electron chi connectivity index (χ0n) is 7.77. The summed E-state index contributed by atoms with van der Waals surface area (Å²) in [4.78, 5) is 0. The van der Waals surface area contributed by atoms with Crippen molar-refractivity contribution in [3.8, 4) is 0 Å². The second kappa shape index (κ2) is 8.20. The molecular weight excluding hydrogens is 154 g/mol. The van der Waals surface area contributed by atoms with Crippen LogP contribution < -0.4 is 11.1 Å². The summed E-state index contributed by atoms with van der Waals surface area (Å²) in [6, 6.07) is 0. The average molecular weight is 175 g/mol. The van der Waals surface area contributed by atoms with Crippen LogP contribution in [-0.4, -0.2) is 47.7 Å². The molecule has 0 spiro atoms. The van der Waals surface area contributed by atoms with E-state index in [-0.39, 0.29) is 0 Å². The van der Waals surface area contributed by atoms with Crippen LogP contribution in [0.5, 0.6) is 0 Å². The molecule has 0 bridgehead atoms. The summed E-state index contributed by atoms with van der Waals surface area (Å²) in [5.74, 6) is 0. The van der Waals surface area contributed by atoms with Crippen molar-refractivity contribution in [2.75, 3.05) is 32.7 Å². The minimum atomic E-state index is 0.745. The van der Waals surface area contributed by atoms with Gasteiger partial charge < -0.3 is 15.6 Å². The Balaban J connectivity index is 2.97. The lowest BCUT2D eigenvalue weighted by Gasteiger charge is -2.15. The van der Waals surface area contributed by atoms with Gasteiger partial charge in [-0.25, -0.2) is 0 Å². The SMILES string of the molecule is CCCN([SiH3])CCNCCN. The maximum Gasteiger partial charge on any atom is 0.0785 e. The number of hydrogen-bond acceptors (Lipinski definition) is 3. The molecule has 0 atom stereocenters. The Bertz CT molecular complexity index is 80.1. The fourth-order valence-electron chi connectivity index (χ4n) is 0.991. The van der Waals surface area contributed by atoms with Crippen molar-refractivity contribution in [2.45, 2.75) is 13.3 Å². The molecule has 0 fully saturated rings. The monoisotopic (exact) mass is 175 g/mol. The summed E-state index contributed by atoms with van der Waals surface area (Å²) in [5, 5.41) is 3.28. The normalized spacial score (nSPS) is 11.2. The molecule has 0 aromatic heterocycles. The first-order valence-electron chi connectivity index (χ1n) is 4.40. The van der Waals surface area contributed by atoms with Gasteiger partial charge in [-0.05, 0) is 13.0 Å². The van der Waals surface area contributed by atoms with Gasteiger partial charge in [-0.3, -0.25) is 0 Å². The fraction of sp³-hybridized carbons (Fsp3) is 1.00. The predicted octanol–water partition coefficient (Wildman–Crippen LogP) is -1.47. The molecule has 0 amide bonds. The Labute approximate surface area is 72.8 Å². The van der Waals surface area contributed by atoms with Gasteiger partial charge in [0, 0.05) is 26.2 Å². The van der Waals surface area contributed by atoms with Gasteiger partial charge in [0.2, 0.25) is 0 Å². The van der Waals surface area contributed by atoms with Crippen LogP contribution in [0.3, 0.4) is 0 Å². The average Bonchev–Trinajstić information content (AvgIpc) is 1.99. The summed E-state index contributed by atoms with van der Waals surface area (Å²) < 4.78 is 2.46. The van der Waals surface area contributed by atoms with Crippen molar-refractivity contribution in [1.82, 2.24) is 9.88 Å². The lowest BCUT2D eigenvalue weighted by Crippen LogP contribution is -2.33. The first-order valence-corrected chi connectivity index (χ1v) is 5.30. The van der Waals surface area contributed by atoms with E-state index in [2.05, 4.69) is 16.8 Å². The second-order valence-corrected chi connectivity index (χ2v) is 4.11. The molecule has 0 aliphatic rings. The minimum Gasteiger partial charge on any atom is -0.331 e. The highest BCUT2D eigenvalue weighted by molar-refractivity contribution is 6.04. The molecule has 0 aromatic rings. The van der Waals surface area contributed by atoms with E-state index in [1.807, 2.05) is 0 Å². The van der Waals surface area contributed by atoms with E-state index in [4.69, 9.17) is 5.73 Å². The standard InChI is InChI=1S/C7H21N3Si/c1-2-6-10(11)7-5-9-4-3-8/h9H,2-8H2,1,11H3. The van der Waals surface area contributed by atoms with E-state index >= 15 is 0 Å². The van der Waals surface area contributed by atoms with Crippen molar-refractivity contribution in [3.63, 3.8) is 0 Å². The molecular formula is C7H21N3Si. The molecule has 68 valence electrons. The highest BCUT2D eigenvalue weighted by atomic mass is 28.2. The number of hydrogen-bond donors (Lipinski definition) is 2. The Morgan fingerprint density at radius 2 is 2.09 bits per heavy atom. The van der Waals surface area contributed by atoms with E-state index in [1.54, 1.807) is 0 Å². The fourth-order valence-corrected chi connectivity index (χ4v) is 1.66. The highest BCUT2D eigenvalue weighted by Gasteiger charge is 1.93. The lowest BCUT2D eigenvalue weighted by atomic mass is 10.4. The molecule has 0 saturated heterocycles. The largest absolute Gasteiger partial charge is 0.331 e. The van der Waals surface area contributed by atoms with Gasteiger partial charge in [0.15, 0.2) is 0 Å². The van der Waals surface area contributed by atoms with Crippen molar-refractivity contribution < 1.29 is 0 Å². The Hall–Kier alpha value is 0.0969. The maximum absolute atomic E-state index is 5.34. The van der Waals surface area contributed by atoms with Gasteiger partial charge in [-0.1, -0.05) is 6.92 Å². The van der Waals surface area contributed by atoms with Gasteiger partial charge in [0.05, 0.1) is 10.4 Å². The maximum atomic E-state index is 5.34. The van der Waals surface area contributed by atoms with Crippen molar-refractivity contribution >= 4 is 10.4 Å². The van der Waals surface area contributed by atoms with Crippen LogP contribution >= 0.6 is 0 Å². The topological polar surface area (TPSA) is 41.3 Å². The molecule has 3 N–H and O–H groups in total. The van der Waals surface area contributed by atoms with E-state index in [0.29, 0.717) is 0 Å². The Morgan fingerprint density at radius 1 is 1.36 bits per heavy atom. The van der Waals surface area contributed by atoms with Gasteiger partial charge >= 0.3 is 0 Å². The molecule has 0 rings (SSSR count). The van der Waals surface area contributed by atoms with E-state index in [0.717, 1.165) is 19.6 Å². The zero-order chi connectivity index (χ0) is 8.53. The van der Waals surface area contributed by atoms with Crippen LogP contribution in [0.25, 0.3) is 0 Å². The van der Waals surface area contributed by atoms with E-state index in [1.165, 1.54) is 29.9 Å². The molecule has 0 saturated carbocycles. The third-order valence-corrected chi connectivity index (χ3v) is 2.49. The van der Waals surface area contributed by atoms with Gasteiger partial charge in [0.1, 0.15) is 0 Å². The van der Waals surface area contributed by atoms with Gasteiger partial charge in [0.25, 0.3) is 0 Å². The molecule has 0 aromatic carbocycles. The Kier molecular flexibility index (Phi) is 8.27. The third kappa shape index (κ3) is 8.00. The van der Waals surface area contributed by atoms with Gasteiger partial charge in [-0.2, -0.15) is 0 Å². The quantitative estimate of drug-likeness (QED) is 0.367. The zero-order valence-corrected chi connectivity index (χ0v) is 9.77. The van der Waals surface area contributed by atoms with Crippen LogP contribution in [0, 0.1) is 0 Å². The summed E-state index contributed by atoms with van der Waals surface area (Å²) in [5.41, 5.74) is 5.34. The first kappa shape index (κ1) is 11.1. The molecule has 0 unspecified atom stereocenters. The Morgan fingerprint density at radius 3 is 2.64 bits per heavy atom. The van der Waals surface area contributed by atoms with Crippen molar-refractivity contribution in [1.29, 1.82) is 0 Å². The molecule has 3 nitrogen and oxygen atoms in total. The molecule has 0 aliphatic carbocycles. The van der Waals surface area contributed by atoms with E-state index in [9.17, 15) is 0 Å². The summed E-state index contributed by atoms with van der Waals surface area (Å²) in [7, 11) is 1.18. The number of nitrogens with one attached hydrogen (secondary N) is 1. The van der Waals surface area contributed by atoms with Gasteiger partial charge in [-0.15, -0.1) is 0 Å². The predicted molar refractivity (Wildman–Crippen MR) is 53.7 cm³/mol. The molecule has 4 heteroatoms. The number of rotatable bonds is 7. The van der Waals surface area contributed by atoms with Crippen molar-refractivity contribution in [2.24, 2.45) is 5.73 Å². The highest BCUT2D eigenvalue weighted by Crippen LogP contribution is 1.82. The van der Waals surface area contributed by atoms with E-state index < -0.39 is 0 Å². The number of nitrogens with zero attached hydrogens (tertiary/aromatic N) is 1. The molecule has 0 aliphatic heterocycles. The molecule has 11 heavy (non-hydrogen) atoms. The molecule has 0 heterocycles. The smallest absolute Gasteiger partial charge is 0.0785 e. The molecule has 0 radical (unpaired) electrons. The van der Waals surface area contributed by atoms with Crippen LogP contribution in [0.2, 0.25) is 0 Å².